The Balaban J connectivity index is 2.01. The third kappa shape index (κ3) is 7.43. The van der Waals surface area contributed by atoms with Crippen LogP contribution in [0.5, 0.6) is 5.75 Å². The highest BCUT2D eigenvalue weighted by Gasteiger charge is 2.20. The maximum absolute atomic E-state index is 10.6. The van der Waals surface area contributed by atoms with E-state index in [1.54, 1.807) is 20.3 Å². The minimum atomic E-state index is -0.246. The molecular formula is C23H30O5. The summed E-state index contributed by atoms with van der Waals surface area (Å²) in [4.78, 5) is 10.6. The molecule has 28 heavy (non-hydrogen) atoms. The molecule has 0 saturated carbocycles. The van der Waals surface area contributed by atoms with E-state index in [1.807, 2.05) is 36.4 Å². The maximum Gasteiger partial charge on any atom is 0.142 e. The summed E-state index contributed by atoms with van der Waals surface area (Å²) in [6.45, 7) is 3.19. The lowest BCUT2D eigenvalue weighted by atomic mass is 10.0. The monoisotopic (exact) mass is 386 g/mol. The van der Waals surface area contributed by atoms with Gasteiger partial charge in [-0.05, 0) is 43.5 Å². The molecule has 0 saturated heterocycles. The fourth-order valence-electron chi connectivity index (χ4n) is 2.98. The van der Waals surface area contributed by atoms with E-state index in [0.717, 1.165) is 24.0 Å². The van der Waals surface area contributed by atoms with Gasteiger partial charge < -0.3 is 18.9 Å². The number of benzene rings is 1. The topological polar surface area (TPSA) is 54.0 Å². The molecule has 1 aromatic rings. The van der Waals surface area contributed by atoms with Crippen LogP contribution in [0.3, 0.4) is 0 Å². The third-order valence-electron chi connectivity index (χ3n) is 4.63. The molecule has 0 aliphatic carbocycles. The van der Waals surface area contributed by atoms with E-state index in [1.165, 1.54) is 11.6 Å². The smallest absolute Gasteiger partial charge is 0.142 e. The summed E-state index contributed by atoms with van der Waals surface area (Å²) in [5.41, 5.74) is 2.37. The molecule has 0 fully saturated rings. The van der Waals surface area contributed by atoms with Crippen molar-refractivity contribution in [2.45, 2.75) is 44.7 Å². The number of methoxy groups -OCH3 is 2. The zero-order valence-corrected chi connectivity index (χ0v) is 16.9. The number of carbonyl (C=O) groups excluding carboxylic acids is 1. The highest BCUT2D eigenvalue weighted by Crippen LogP contribution is 2.19. The molecule has 0 N–H and O–H groups in total. The van der Waals surface area contributed by atoms with Gasteiger partial charge in [0, 0.05) is 7.11 Å². The Morgan fingerprint density at radius 3 is 2.68 bits per heavy atom. The number of hydrogen-bond donors (Lipinski definition) is 0. The van der Waals surface area contributed by atoms with Gasteiger partial charge in [0.05, 0.1) is 32.5 Å². The number of allylic oxidation sites excluding steroid dienone is 1. The Kier molecular flexibility index (Phi) is 9.69. The van der Waals surface area contributed by atoms with E-state index in [2.05, 4.69) is 13.0 Å². The van der Waals surface area contributed by atoms with E-state index in [0.29, 0.717) is 19.6 Å². The van der Waals surface area contributed by atoms with E-state index < -0.39 is 0 Å². The molecule has 0 spiro atoms. The average Bonchev–Trinajstić information content (AvgIpc) is 2.72. The van der Waals surface area contributed by atoms with Crippen LogP contribution in [0.2, 0.25) is 0 Å². The van der Waals surface area contributed by atoms with Gasteiger partial charge in [-0.1, -0.05) is 42.0 Å². The van der Waals surface area contributed by atoms with E-state index in [9.17, 15) is 4.79 Å². The molecule has 0 aromatic heterocycles. The van der Waals surface area contributed by atoms with Gasteiger partial charge in [0.25, 0.3) is 0 Å². The summed E-state index contributed by atoms with van der Waals surface area (Å²) in [7, 11) is 3.30. The molecule has 5 nitrogen and oxygen atoms in total. The minimum Gasteiger partial charge on any atom is -0.497 e. The van der Waals surface area contributed by atoms with Crippen LogP contribution in [0, 0.1) is 0 Å². The second-order valence-corrected chi connectivity index (χ2v) is 6.71. The van der Waals surface area contributed by atoms with Crippen LogP contribution in [0.4, 0.5) is 0 Å². The molecule has 0 radical (unpaired) electrons. The van der Waals surface area contributed by atoms with Crippen LogP contribution >= 0.6 is 0 Å². The largest absolute Gasteiger partial charge is 0.497 e. The minimum absolute atomic E-state index is 0.0513. The van der Waals surface area contributed by atoms with Crippen LogP contribution in [0.15, 0.2) is 60.2 Å². The SMILES string of the molecule is COc1ccc(CO[C@@H](C/C=C/C=O)[C@H](/C=C/[C@@H]2CC(C)=CCO2)OC)cc1. The standard InChI is InChI=1S/C23H30O5/c1-18-13-15-27-21(16-18)11-12-22(26-3)23(6-4-5-14-24)28-17-19-7-9-20(25-2)10-8-19/h4-5,7-14,21-23H,6,15-17H2,1-3H3/b5-4+,12-11+/t21-,22+,23+/m1/s1. The zero-order valence-electron chi connectivity index (χ0n) is 16.9. The fraction of sp³-hybridized carbons (Fsp3) is 0.435. The van der Waals surface area contributed by atoms with Crippen molar-refractivity contribution in [3.8, 4) is 5.75 Å². The predicted molar refractivity (Wildman–Crippen MR) is 109 cm³/mol. The maximum atomic E-state index is 10.6. The van der Waals surface area contributed by atoms with Gasteiger partial charge >= 0.3 is 0 Å². The van der Waals surface area contributed by atoms with Gasteiger partial charge in [-0.3, -0.25) is 4.79 Å². The second kappa shape index (κ2) is 12.3. The first-order valence-electron chi connectivity index (χ1n) is 9.49. The van der Waals surface area contributed by atoms with Gasteiger partial charge in [-0.25, -0.2) is 0 Å². The molecule has 1 aliphatic heterocycles. The molecular weight excluding hydrogens is 356 g/mol. The third-order valence-corrected chi connectivity index (χ3v) is 4.63. The number of carbonyl (C=O) groups is 1. The highest BCUT2D eigenvalue weighted by atomic mass is 16.5. The first kappa shape index (κ1) is 22.1. The lowest BCUT2D eigenvalue weighted by molar-refractivity contribution is -0.104. The number of rotatable bonds is 11. The van der Waals surface area contributed by atoms with E-state index >= 15 is 0 Å². The normalized spacial score (nSPS) is 19.5. The lowest BCUT2D eigenvalue weighted by Crippen LogP contribution is -2.29. The Bertz CT molecular complexity index is 675. The van der Waals surface area contributed by atoms with Gasteiger partial charge in [0.15, 0.2) is 0 Å². The zero-order chi connectivity index (χ0) is 20.2. The summed E-state index contributed by atoms with van der Waals surface area (Å²) in [5.74, 6) is 0.809. The van der Waals surface area contributed by atoms with Gasteiger partial charge in [0.2, 0.25) is 0 Å². The van der Waals surface area contributed by atoms with E-state index in [4.69, 9.17) is 18.9 Å². The lowest BCUT2D eigenvalue weighted by Gasteiger charge is -2.24. The van der Waals surface area contributed by atoms with Crippen molar-refractivity contribution in [3.63, 3.8) is 0 Å². The molecule has 0 unspecified atom stereocenters. The molecule has 1 aromatic carbocycles. The average molecular weight is 386 g/mol. The second-order valence-electron chi connectivity index (χ2n) is 6.71. The van der Waals surface area contributed by atoms with Crippen molar-refractivity contribution in [3.05, 3.63) is 65.8 Å². The van der Waals surface area contributed by atoms with Crippen molar-refractivity contribution in [1.82, 2.24) is 0 Å². The summed E-state index contributed by atoms with van der Waals surface area (Å²) >= 11 is 0. The van der Waals surface area contributed by atoms with Crippen molar-refractivity contribution < 1.29 is 23.7 Å². The molecule has 0 amide bonds. The van der Waals surface area contributed by atoms with Crippen molar-refractivity contribution in [2.24, 2.45) is 0 Å². The quantitative estimate of drug-likeness (QED) is 0.326. The molecule has 0 bridgehead atoms. The first-order chi connectivity index (χ1) is 13.7. The summed E-state index contributed by atoms with van der Waals surface area (Å²) < 4.78 is 22.7. The number of hydrogen-bond acceptors (Lipinski definition) is 5. The Labute approximate surface area is 167 Å². The Morgan fingerprint density at radius 2 is 2.04 bits per heavy atom. The van der Waals surface area contributed by atoms with Gasteiger partial charge in [-0.2, -0.15) is 0 Å². The van der Waals surface area contributed by atoms with E-state index in [-0.39, 0.29) is 18.3 Å². The fourth-order valence-corrected chi connectivity index (χ4v) is 2.98. The molecule has 5 heteroatoms. The van der Waals surface area contributed by atoms with Crippen molar-refractivity contribution in [2.75, 3.05) is 20.8 Å². The first-order valence-corrected chi connectivity index (χ1v) is 9.49. The Morgan fingerprint density at radius 1 is 1.25 bits per heavy atom. The van der Waals surface area contributed by atoms with Gasteiger partial charge in [0.1, 0.15) is 18.1 Å². The number of ether oxygens (including phenoxy) is 4. The highest BCUT2D eigenvalue weighted by molar-refractivity contribution is 5.64. The number of aldehydes is 1. The summed E-state index contributed by atoms with van der Waals surface area (Å²) in [6, 6.07) is 7.76. The Hall–Kier alpha value is -2.21. The van der Waals surface area contributed by atoms with Crippen molar-refractivity contribution in [1.29, 1.82) is 0 Å². The van der Waals surface area contributed by atoms with Gasteiger partial charge in [-0.15, -0.1) is 0 Å². The summed E-state index contributed by atoms with van der Waals surface area (Å²) in [6.07, 6.45) is 11.2. The molecule has 1 aliphatic rings. The molecule has 1 heterocycles. The molecule has 152 valence electrons. The van der Waals surface area contributed by atoms with Crippen LogP contribution in [0.25, 0.3) is 0 Å². The van der Waals surface area contributed by atoms with Crippen molar-refractivity contribution >= 4 is 6.29 Å². The predicted octanol–water partition coefficient (Wildman–Crippen LogP) is 4.03. The summed E-state index contributed by atoms with van der Waals surface area (Å²) in [5, 5.41) is 0. The van der Waals surface area contributed by atoms with Crippen LogP contribution in [-0.2, 0) is 25.6 Å². The van der Waals surface area contributed by atoms with Crippen LogP contribution in [0.1, 0.15) is 25.3 Å². The molecule has 2 rings (SSSR count). The van der Waals surface area contributed by atoms with Crippen LogP contribution < -0.4 is 4.74 Å². The molecule has 3 atom stereocenters. The van der Waals surface area contributed by atoms with Crippen LogP contribution in [-0.4, -0.2) is 45.4 Å².